The van der Waals surface area contributed by atoms with Crippen LogP contribution in [-0.2, 0) is 0 Å². The lowest BCUT2D eigenvalue weighted by atomic mass is 10.1. The molecule has 0 radical (unpaired) electrons. The summed E-state index contributed by atoms with van der Waals surface area (Å²) in [5.74, 6) is 0.188. The standard InChI is InChI=1S/C23H18ClN5O/c1-15-4-9-20(27-22(30)16-5-7-18(24)8-6-16)21(13-15)29-23-26-12-10-19(28-23)17-3-2-11-25-14-17/h2-14H,1H3,(H,27,30)(H,26,28,29). The smallest absolute Gasteiger partial charge is 0.255 e. The van der Waals surface area contributed by atoms with E-state index in [1.165, 1.54) is 0 Å². The molecule has 0 saturated carbocycles. The third kappa shape index (κ3) is 4.61. The molecule has 2 N–H and O–H groups in total. The zero-order chi connectivity index (χ0) is 20.9. The van der Waals surface area contributed by atoms with Gasteiger partial charge in [-0.15, -0.1) is 0 Å². The highest BCUT2D eigenvalue weighted by Crippen LogP contribution is 2.27. The summed E-state index contributed by atoms with van der Waals surface area (Å²) in [6.07, 6.45) is 5.14. The predicted octanol–water partition coefficient (Wildman–Crippen LogP) is 5.50. The van der Waals surface area contributed by atoms with Gasteiger partial charge in [0.1, 0.15) is 0 Å². The number of aryl methyl sites for hydroxylation is 1. The molecule has 2 aromatic carbocycles. The summed E-state index contributed by atoms with van der Waals surface area (Å²) >= 11 is 5.91. The van der Waals surface area contributed by atoms with Gasteiger partial charge in [0.15, 0.2) is 0 Å². The lowest BCUT2D eigenvalue weighted by Gasteiger charge is -2.14. The first-order valence-electron chi connectivity index (χ1n) is 9.26. The van der Waals surface area contributed by atoms with Crippen molar-refractivity contribution < 1.29 is 4.79 Å². The summed E-state index contributed by atoms with van der Waals surface area (Å²) in [5.41, 5.74) is 4.51. The molecule has 0 aliphatic rings. The number of hydrogen-bond acceptors (Lipinski definition) is 5. The number of nitrogens with one attached hydrogen (secondary N) is 2. The second-order valence-corrected chi connectivity index (χ2v) is 7.08. The highest BCUT2D eigenvalue weighted by Gasteiger charge is 2.11. The van der Waals surface area contributed by atoms with Crippen LogP contribution in [0.15, 0.2) is 79.3 Å². The van der Waals surface area contributed by atoms with Crippen LogP contribution in [0, 0.1) is 6.92 Å². The molecule has 0 aliphatic carbocycles. The Balaban J connectivity index is 1.60. The molecule has 2 aromatic heterocycles. The molecule has 6 nitrogen and oxygen atoms in total. The Labute approximate surface area is 179 Å². The van der Waals surface area contributed by atoms with Crippen molar-refractivity contribution in [3.8, 4) is 11.3 Å². The molecular formula is C23H18ClN5O. The molecular weight excluding hydrogens is 398 g/mol. The molecule has 0 aliphatic heterocycles. The van der Waals surface area contributed by atoms with Crippen molar-refractivity contribution in [1.82, 2.24) is 15.0 Å². The number of aromatic nitrogens is 3. The molecule has 0 unspecified atom stereocenters. The van der Waals surface area contributed by atoms with E-state index in [-0.39, 0.29) is 5.91 Å². The third-order valence-corrected chi connectivity index (χ3v) is 4.64. The highest BCUT2D eigenvalue weighted by molar-refractivity contribution is 6.30. The van der Waals surface area contributed by atoms with Gasteiger partial charge in [0.05, 0.1) is 17.1 Å². The van der Waals surface area contributed by atoms with Crippen LogP contribution in [0.4, 0.5) is 17.3 Å². The Morgan fingerprint density at radius 2 is 1.80 bits per heavy atom. The van der Waals surface area contributed by atoms with Gasteiger partial charge >= 0.3 is 0 Å². The van der Waals surface area contributed by atoms with Crippen molar-refractivity contribution in [3.05, 3.63) is 95.4 Å². The van der Waals surface area contributed by atoms with Crippen LogP contribution in [-0.4, -0.2) is 20.9 Å². The highest BCUT2D eigenvalue weighted by atomic mass is 35.5. The number of halogens is 1. The second-order valence-electron chi connectivity index (χ2n) is 6.64. The molecule has 148 valence electrons. The fraction of sp³-hybridized carbons (Fsp3) is 0.0435. The number of amides is 1. The van der Waals surface area contributed by atoms with Gasteiger partial charge in [-0.05, 0) is 67.1 Å². The summed E-state index contributed by atoms with van der Waals surface area (Å²) in [4.78, 5) is 25.6. The van der Waals surface area contributed by atoms with Gasteiger partial charge in [-0.1, -0.05) is 17.7 Å². The maximum absolute atomic E-state index is 12.6. The summed E-state index contributed by atoms with van der Waals surface area (Å²) in [6.45, 7) is 1.98. The largest absolute Gasteiger partial charge is 0.322 e. The first-order valence-corrected chi connectivity index (χ1v) is 9.64. The van der Waals surface area contributed by atoms with Crippen LogP contribution in [0.2, 0.25) is 5.02 Å². The van der Waals surface area contributed by atoms with Crippen LogP contribution in [0.5, 0.6) is 0 Å². The Bertz CT molecular complexity index is 1180. The minimum Gasteiger partial charge on any atom is -0.322 e. The van der Waals surface area contributed by atoms with E-state index in [1.807, 2.05) is 43.3 Å². The maximum atomic E-state index is 12.6. The van der Waals surface area contributed by atoms with Crippen molar-refractivity contribution in [2.45, 2.75) is 6.92 Å². The summed E-state index contributed by atoms with van der Waals surface area (Å²) < 4.78 is 0. The zero-order valence-electron chi connectivity index (χ0n) is 16.1. The van der Waals surface area contributed by atoms with Gasteiger partial charge in [0.25, 0.3) is 5.91 Å². The lowest BCUT2D eigenvalue weighted by Crippen LogP contribution is -2.13. The number of pyridine rings is 1. The maximum Gasteiger partial charge on any atom is 0.255 e. The van der Waals surface area contributed by atoms with E-state index in [0.29, 0.717) is 27.9 Å². The number of rotatable bonds is 5. The molecule has 0 fully saturated rings. The van der Waals surface area contributed by atoms with E-state index in [4.69, 9.17) is 11.6 Å². The fourth-order valence-electron chi connectivity index (χ4n) is 2.88. The Morgan fingerprint density at radius 1 is 0.967 bits per heavy atom. The van der Waals surface area contributed by atoms with Gasteiger partial charge in [-0.3, -0.25) is 9.78 Å². The van der Waals surface area contributed by atoms with Crippen LogP contribution in [0.3, 0.4) is 0 Å². The average Bonchev–Trinajstić information content (AvgIpc) is 2.77. The minimum atomic E-state index is -0.233. The SMILES string of the molecule is Cc1ccc(NC(=O)c2ccc(Cl)cc2)c(Nc2nccc(-c3cccnc3)n2)c1. The number of benzene rings is 2. The summed E-state index contributed by atoms with van der Waals surface area (Å²) in [6, 6.07) is 18.0. The van der Waals surface area contributed by atoms with Gasteiger partial charge < -0.3 is 10.6 Å². The van der Waals surface area contributed by atoms with E-state index in [1.54, 1.807) is 42.9 Å². The van der Waals surface area contributed by atoms with Crippen LogP contribution in [0.25, 0.3) is 11.3 Å². The van der Waals surface area contributed by atoms with Crippen molar-refractivity contribution in [2.24, 2.45) is 0 Å². The molecule has 30 heavy (non-hydrogen) atoms. The molecule has 0 atom stereocenters. The van der Waals surface area contributed by atoms with Gasteiger partial charge in [-0.2, -0.15) is 0 Å². The molecule has 4 rings (SSSR count). The van der Waals surface area contributed by atoms with E-state index >= 15 is 0 Å². The number of carbonyl (C=O) groups is 1. The quantitative estimate of drug-likeness (QED) is 0.450. The van der Waals surface area contributed by atoms with Gasteiger partial charge in [0, 0.05) is 34.7 Å². The van der Waals surface area contributed by atoms with Crippen LogP contribution in [0.1, 0.15) is 15.9 Å². The average molecular weight is 416 g/mol. The molecule has 0 saturated heterocycles. The number of carbonyl (C=O) groups excluding carboxylic acids is 1. The van der Waals surface area contributed by atoms with Crippen molar-refractivity contribution in [2.75, 3.05) is 10.6 Å². The number of hydrogen-bond donors (Lipinski definition) is 2. The Kier molecular flexibility index (Phi) is 5.68. The van der Waals surface area contributed by atoms with E-state index < -0.39 is 0 Å². The number of anilines is 3. The topological polar surface area (TPSA) is 79.8 Å². The van der Waals surface area contributed by atoms with E-state index in [9.17, 15) is 4.79 Å². The monoisotopic (exact) mass is 415 g/mol. The van der Waals surface area contributed by atoms with E-state index in [2.05, 4.69) is 25.6 Å². The Hall–Kier alpha value is -3.77. The number of nitrogens with zero attached hydrogens (tertiary/aromatic N) is 3. The van der Waals surface area contributed by atoms with Crippen molar-refractivity contribution in [1.29, 1.82) is 0 Å². The van der Waals surface area contributed by atoms with E-state index in [0.717, 1.165) is 16.8 Å². The van der Waals surface area contributed by atoms with Crippen LogP contribution >= 0.6 is 11.6 Å². The van der Waals surface area contributed by atoms with Crippen molar-refractivity contribution in [3.63, 3.8) is 0 Å². The molecule has 2 heterocycles. The predicted molar refractivity (Wildman–Crippen MR) is 119 cm³/mol. The fourth-order valence-corrected chi connectivity index (χ4v) is 3.01. The summed E-state index contributed by atoms with van der Waals surface area (Å²) in [7, 11) is 0. The van der Waals surface area contributed by atoms with Gasteiger partial charge in [-0.25, -0.2) is 9.97 Å². The molecule has 0 spiro atoms. The lowest BCUT2D eigenvalue weighted by molar-refractivity contribution is 0.102. The normalized spacial score (nSPS) is 10.5. The van der Waals surface area contributed by atoms with Crippen molar-refractivity contribution >= 4 is 34.8 Å². The molecule has 7 heteroatoms. The van der Waals surface area contributed by atoms with Gasteiger partial charge in [0.2, 0.25) is 5.95 Å². The van der Waals surface area contributed by atoms with Crippen LogP contribution < -0.4 is 10.6 Å². The second kappa shape index (κ2) is 8.71. The molecule has 4 aromatic rings. The third-order valence-electron chi connectivity index (χ3n) is 4.39. The first kappa shape index (κ1) is 19.5. The Morgan fingerprint density at radius 3 is 2.57 bits per heavy atom. The summed E-state index contributed by atoms with van der Waals surface area (Å²) in [5, 5.41) is 6.72. The molecule has 0 bridgehead atoms. The minimum absolute atomic E-state index is 0.233. The zero-order valence-corrected chi connectivity index (χ0v) is 16.9. The first-order chi connectivity index (χ1) is 14.6. The molecule has 1 amide bonds.